The zero-order valence-electron chi connectivity index (χ0n) is 9.52. The first kappa shape index (κ1) is 10.3. The quantitative estimate of drug-likeness (QED) is 0.838. The molecule has 1 aliphatic rings. The maximum absolute atomic E-state index is 5.59. The third-order valence-corrected chi connectivity index (χ3v) is 3.16. The number of nitrogens with one attached hydrogen (secondary N) is 1. The van der Waals surface area contributed by atoms with Gasteiger partial charge in [0.05, 0.1) is 12.8 Å². The number of aromatic nitrogens is 4. The molecule has 0 unspecified atom stereocenters. The van der Waals surface area contributed by atoms with E-state index in [0.717, 1.165) is 5.52 Å². The minimum atomic E-state index is 0.349. The van der Waals surface area contributed by atoms with E-state index < -0.39 is 0 Å². The van der Waals surface area contributed by atoms with Crippen molar-refractivity contribution < 1.29 is 4.74 Å². The van der Waals surface area contributed by atoms with E-state index in [9.17, 15) is 0 Å². The Morgan fingerprint density at radius 3 is 3.00 bits per heavy atom. The Morgan fingerprint density at radius 2 is 2.18 bits per heavy atom. The summed E-state index contributed by atoms with van der Waals surface area (Å²) in [7, 11) is 0. The topological polar surface area (TPSA) is 89.7 Å². The number of ether oxygens (including phenoxy) is 1. The number of fused-ring (bicyclic) bond motifs is 1. The SMILES string of the molecule is Nc1nc2nc(OCC3CCCC3)ncc2[nH]1. The molecule has 3 N–H and O–H groups in total. The van der Waals surface area contributed by atoms with Crippen LogP contribution in [0.25, 0.3) is 11.2 Å². The summed E-state index contributed by atoms with van der Waals surface area (Å²) < 4.78 is 5.59. The van der Waals surface area contributed by atoms with E-state index in [2.05, 4.69) is 19.9 Å². The normalized spacial score (nSPS) is 16.7. The lowest BCUT2D eigenvalue weighted by Gasteiger charge is -2.08. The lowest BCUT2D eigenvalue weighted by molar-refractivity contribution is 0.235. The maximum atomic E-state index is 5.59. The van der Waals surface area contributed by atoms with Crippen molar-refractivity contribution in [1.29, 1.82) is 0 Å². The van der Waals surface area contributed by atoms with Gasteiger partial charge in [-0.1, -0.05) is 12.8 Å². The second-order valence-electron chi connectivity index (χ2n) is 4.47. The zero-order valence-corrected chi connectivity index (χ0v) is 9.52. The van der Waals surface area contributed by atoms with Crippen molar-refractivity contribution in [1.82, 2.24) is 19.9 Å². The number of rotatable bonds is 3. The third-order valence-electron chi connectivity index (χ3n) is 3.16. The van der Waals surface area contributed by atoms with Crippen LogP contribution in [-0.4, -0.2) is 26.5 Å². The van der Waals surface area contributed by atoms with E-state index in [-0.39, 0.29) is 0 Å². The monoisotopic (exact) mass is 233 g/mol. The lowest BCUT2D eigenvalue weighted by atomic mass is 10.1. The minimum absolute atomic E-state index is 0.349. The number of anilines is 1. The molecular formula is C11H15N5O. The molecule has 2 heterocycles. The van der Waals surface area contributed by atoms with Crippen LogP contribution in [0.4, 0.5) is 5.95 Å². The minimum Gasteiger partial charge on any atom is -0.463 e. The number of imidazole rings is 1. The summed E-state index contributed by atoms with van der Waals surface area (Å²) in [6.45, 7) is 0.700. The molecule has 6 nitrogen and oxygen atoms in total. The third kappa shape index (κ3) is 2.15. The molecule has 2 aromatic rings. The molecule has 0 atom stereocenters. The molecule has 0 spiro atoms. The molecule has 3 rings (SSSR count). The van der Waals surface area contributed by atoms with E-state index in [1.807, 2.05) is 0 Å². The van der Waals surface area contributed by atoms with Crippen molar-refractivity contribution in [3.05, 3.63) is 6.20 Å². The van der Waals surface area contributed by atoms with Crippen LogP contribution in [0.5, 0.6) is 6.01 Å². The van der Waals surface area contributed by atoms with Crippen LogP contribution in [-0.2, 0) is 0 Å². The molecule has 2 aromatic heterocycles. The van der Waals surface area contributed by atoms with Gasteiger partial charge in [-0.3, -0.25) is 0 Å². The van der Waals surface area contributed by atoms with E-state index in [1.165, 1.54) is 25.7 Å². The first-order valence-corrected chi connectivity index (χ1v) is 5.92. The molecule has 0 bridgehead atoms. The van der Waals surface area contributed by atoms with Crippen molar-refractivity contribution in [2.24, 2.45) is 5.92 Å². The molecule has 0 amide bonds. The first-order valence-electron chi connectivity index (χ1n) is 5.92. The Morgan fingerprint density at radius 1 is 1.35 bits per heavy atom. The summed E-state index contributed by atoms with van der Waals surface area (Å²) >= 11 is 0. The fraction of sp³-hybridized carbons (Fsp3) is 0.545. The van der Waals surface area contributed by atoms with E-state index in [1.54, 1.807) is 6.20 Å². The lowest BCUT2D eigenvalue weighted by Crippen LogP contribution is -2.09. The number of nitrogens with two attached hydrogens (primary N) is 1. The summed E-state index contributed by atoms with van der Waals surface area (Å²) in [5.41, 5.74) is 6.83. The van der Waals surface area contributed by atoms with Crippen molar-refractivity contribution in [3.8, 4) is 6.01 Å². The number of nitrogen functional groups attached to an aromatic ring is 1. The van der Waals surface area contributed by atoms with Gasteiger partial charge in [-0.2, -0.15) is 9.97 Å². The number of hydrogen-bond donors (Lipinski definition) is 2. The van der Waals surface area contributed by atoms with Crippen LogP contribution in [0.1, 0.15) is 25.7 Å². The summed E-state index contributed by atoms with van der Waals surface area (Å²) in [4.78, 5) is 15.2. The molecule has 0 saturated heterocycles. The summed E-state index contributed by atoms with van der Waals surface area (Å²) in [5.74, 6) is 1.00. The molecule has 0 aromatic carbocycles. The van der Waals surface area contributed by atoms with Crippen LogP contribution in [0.3, 0.4) is 0 Å². The van der Waals surface area contributed by atoms with Crippen molar-refractivity contribution in [2.75, 3.05) is 12.3 Å². The molecule has 17 heavy (non-hydrogen) atoms. The van der Waals surface area contributed by atoms with Gasteiger partial charge in [0.25, 0.3) is 0 Å². The molecule has 6 heteroatoms. The molecule has 1 aliphatic carbocycles. The highest BCUT2D eigenvalue weighted by molar-refractivity contribution is 5.71. The summed E-state index contributed by atoms with van der Waals surface area (Å²) in [6.07, 6.45) is 6.76. The molecule has 1 saturated carbocycles. The van der Waals surface area contributed by atoms with Gasteiger partial charge < -0.3 is 15.5 Å². The maximum Gasteiger partial charge on any atom is 0.318 e. The zero-order chi connectivity index (χ0) is 11.7. The van der Waals surface area contributed by atoms with Gasteiger partial charge in [0, 0.05) is 0 Å². The number of nitrogens with zero attached hydrogens (tertiary/aromatic N) is 3. The average Bonchev–Trinajstić information content (AvgIpc) is 2.92. The van der Waals surface area contributed by atoms with Crippen LogP contribution in [0.2, 0.25) is 0 Å². The number of hydrogen-bond acceptors (Lipinski definition) is 5. The Balaban J connectivity index is 1.71. The molecule has 90 valence electrons. The number of H-pyrrole nitrogens is 1. The predicted octanol–water partition coefficient (Wildman–Crippen LogP) is 1.50. The van der Waals surface area contributed by atoms with Crippen molar-refractivity contribution >= 4 is 17.1 Å². The van der Waals surface area contributed by atoms with E-state index in [0.29, 0.717) is 30.1 Å². The Bertz CT molecular complexity index is 518. The average molecular weight is 233 g/mol. The highest BCUT2D eigenvalue weighted by atomic mass is 16.5. The van der Waals surface area contributed by atoms with Crippen LogP contribution in [0, 0.1) is 5.92 Å². The van der Waals surface area contributed by atoms with Crippen LogP contribution < -0.4 is 10.5 Å². The second-order valence-corrected chi connectivity index (χ2v) is 4.47. The molecule has 1 fully saturated rings. The summed E-state index contributed by atoms with van der Waals surface area (Å²) in [6, 6.07) is 0.385. The second kappa shape index (κ2) is 4.20. The Labute approximate surface area is 98.6 Å². The predicted molar refractivity (Wildman–Crippen MR) is 63.5 cm³/mol. The van der Waals surface area contributed by atoms with Gasteiger partial charge in [0.15, 0.2) is 11.6 Å². The van der Waals surface area contributed by atoms with Gasteiger partial charge in [-0.15, -0.1) is 0 Å². The van der Waals surface area contributed by atoms with E-state index in [4.69, 9.17) is 10.5 Å². The largest absolute Gasteiger partial charge is 0.463 e. The fourth-order valence-corrected chi connectivity index (χ4v) is 2.25. The van der Waals surface area contributed by atoms with Gasteiger partial charge in [-0.05, 0) is 18.8 Å². The van der Waals surface area contributed by atoms with Crippen molar-refractivity contribution in [3.63, 3.8) is 0 Å². The Kier molecular flexibility index (Phi) is 2.55. The van der Waals surface area contributed by atoms with Crippen molar-refractivity contribution in [2.45, 2.75) is 25.7 Å². The van der Waals surface area contributed by atoms with Gasteiger partial charge >= 0.3 is 6.01 Å². The van der Waals surface area contributed by atoms with E-state index >= 15 is 0 Å². The standard InChI is InChI=1S/C11H15N5O/c12-10-14-8-5-13-11(16-9(8)15-10)17-6-7-3-1-2-4-7/h5,7H,1-4,6H2,(H3,12,13,14,15,16). The van der Waals surface area contributed by atoms with Gasteiger partial charge in [0.1, 0.15) is 5.52 Å². The van der Waals surface area contributed by atoms with Gasteiger partial charge in [-0.25, -0.2) is 4.98 Å². The first-order chi connectivity index (χ1) is 8.31. The van der Waals surface area contributed by atoms with Gasteiger partial charge in [0.2, 0.25) is 0 Å². The molecular weight excluding hydrogens is 218 g/mol. The smallest absolute Gasteiger partial charge is 0.318 e. The summed E-state index contributed by atoms with van der Waals surface area (Å²) in [5, 5.41) is 0. The number of aromatic amines is 1. The van der Waals surface area contributed by atoms with Crippen LogP contribution in [0.15, 0.2) is 6.20 Å². The molecule has 0 aliphatic heterocycles. The highest BCUT2D eigenvalue weighted by Gasteiger charge is 2.16. The highest BCUT2D eigenvalue weighted by Crippen LogP contribution is 2.25. The molecule has 0 radical (unpaired) electrons. The fourth-order valence-electron chi connectivity index (χ4n) is 2.25. The Hall–Kier alpha value is -1.85. The van der Waals surface area contributed by atoms with Crippen LogP contribution >= 0.6 is 0 Å².